The number of primary amides is 1. The first kappa shape index (κ1) is 26.1. The molecule has 1 fully saturated rings. The Morgan fingerprint density at radius 1 is 1.24 bits per heavy atom. The van der Waals surface area contributed by atoms with E-state index in [1.165, 1.54) is 10.6 Å². The Labute approximate surface area is 221 Å². The molecule has 5 rings (SSSR count). The van der Waals surface area contributed by atoms with Crippen molar-refractivity contribution < 1.29 is 22.4 Å². The molecule has 2 aromatic heterocycles. The number of rotatable bonds is 6. The van der Waals surface area contributed by atoms with E-state index in [2.05, 4.69) is 10.3 Å². The summed E-state index contributed by atoms with van der Waals surface area (Å²) in [5, 5.41) is 3.93. The molecule has 3 N–H and O–H groups in total. The second kappa shape index (κ2) is 10.3. The van der Waals surface area contributed by atoms with Crippen LogP contribution in [0.1, 0.15) is 28.9 Å². The fourth-order valence-electron chi connectivity index (χ4n) is 5.21. The van der Waals surface area contributed by atoms with Gasteiger partial charge in [0.1, 0.15) is 17.2 Å². The molecule has 4 heterocycles. The van der Waals surface area contributed by atoms with E-state index in [-0.39, 0.29) is 18.4 Å². The number of sulfonamides is 1. The van der Waals surface area contributed by atoms with Gasteiger partial charge < -0.3 is 15.5 Å². The van der Waals surface area contributed by atoms with Crippen LogP contribution in [0.2, 0.25) is 0 Å². The van der Waals surface area contributed by atoms with E-state index in [9.17, 15) is 18.0 Å². The van der Waals surface area contributed by atoms with Gasteiger partial charge in [0.15, 0.2) is 0 Å². The molecular formula is C27H31N5O5S. The fraction of sp³-hybridized carbons (Fsp3) is 0.370. The normalized spacial score (nSPS) is 19.7. The van der Waals surface area contributed by atoms with Crippen molar-refractivity contribution in [1.29, 1.82) is 0 Å². The maximum absolute atomic E-state index is 13.0. The summed E-state index contributed by atoms with van der Waals surface area (Å²) in [6.07, 6.45) is 5.97. The van der Waals surface area contributed by atoms with Crippen LogP contribution in [-0.4, -0.2) is 72.9 Å². The van der Waals surface area contributed by atoms with Gasteiger partial charge in [-0.05, 0) is 54.7 Å². The van der Waals surface area contributed by atoms with Crippen LogP contribution in [0.4, 0.5) is 5.82 Å². The Kier molecular flexibility index (Phi) is 7.08. The highest BCUT2D eigenvalue weighted by atomic mass is 32.2. The van der Waals surface area contributed by atoms with E-state index >= 15 is 0 Å². The highest BCUT2D eigenvalue weighted by molar-refractivity contribution is 7.88. The van der Waals surface area contributed by atoms with Gasteiger partial charge in [-0.25, -0.2) is 13.4 Å². The molecule has 38 heavy (non-hydrogen) atoms. The van der Waals surface area contributed by atoms with Crippen LogP contribution in [-0.2, 0) is 32.5 Å². The van der Waals surface area contributed by atoms with Crippen LogP contribution in [0.3, 0.4) is 0 Å². The van der Waals surface area contributed by atoms with Crippen molar-refractivity contribution in [2.24, 2.45) is 5.73 Å². The average molecular weight is 538 g/mol. The number of piperazine rings is 1. The molecule has 1 atom stereocenters. The molecule has 2 aliphatic heterocycles. The first-order valence-corrected chi connectivity index (χ1v) is 14.4. The molecule has 1 aromatic carbocycles. The second-order valence-electron chi connectivity index (χ2n) is 9.88. The molecular weight excluding hydrogens is 506 g/mol. The van der Waals surface area contributed by atoms with Gasteiger partial charge in [0.25, 0.3) is 0 Å². The number of hydrogen-bond donors (Lipinski definition) is 2. The first-order chi connectivity index (χ1) is 18.1. The number of anilines is 1. The fourth-order valence-corrected chi connectivity index (χ4v) is 6.03. The molecule has 0 bridgehead atoms. The van der Waals surface area contributed by atoms with E-state index in [0.717, 1.165) is 22.1 Å². The summed E-state index contributed by atoms with van der Waals surface area (Å²) < 4.78 is 31.1. The molecule has 200 valence electrons. The first-order valence-electron chi connectivity index (χ1n) is 12.6. The smallest absolute Gasteiger partial charge is 0.245 e. The molecule has 10 nitrogen and oxygen atoms in total. The maximum Gasteiger partial charge on any atom is 0.245 e. The van der Waals surface area contributed by atoms with Crippen molar-refractivity contribution in [3.63, 3.8) is 0 Å². The van der Waals surface area contributed by atoms with Crippen molar-refractivity contribution in [3.8, 4) is 0 Å². The Balaban J connectivity index is 1.33. The third-order valence-electron chi connectivity index (χ3n) is 7.35. The minimum Gasteiger partial charge on any atom is -0.460 e. The summed E-state index contributed by atoms with van der Waals surface area (Å²) in [4.78, 5) is 31.8. The average Bonchev–Trinajstić information content (AvgIpc) is 3.09. The van der Waals surface area contributed by atoms with Crippen LogP contribution < -0.4 is 11.1 Å². The van der Waals surface area contributed by atoms with Gasteiger partial charge in [-0.1, -0.05) is 18.2 Å². The topological polar surface area (TPSA) is 139 Å². The van der Waals surface area contributed by atoms with E-state index in [0.29, 0.717) is 61.7 Å². The van der Waals surface area contributed by atoms with Gasteiger partial charge in [0.2, 0.25) is 21.8 Å². The Morgan fingerprint density at radius 2 is 1.97 bits per heavy atom. The Morgan fingerprint density at radius 3 is 2.66 bits per heavy atom. The highest BCUT2D eigenvalue weighted by Crippen LogP contribution is 2.28. The predicted molar refractivity (Wildman–Crippen MR) is 145 cm³/mol. The molecule has 0 radical (unpaired) electrons. The van der Waals surface area contributed by atoms with Gasteiger partial charge in [-0.3, -0.25) is 14.5 Å². The number of amides is 2. The zero-order valence-electron chi connectivity index (χ0n) is 21.4. The Bertz CT molecular complexity index is 1540. The number of pyridine rings is 1. The summed E-state index contributed by atoms with van der Waals surface area (Å²) in [6, 6.07) is 9.26. The van der Waals surface area contributed by atoms with Gasteiger partial charge in [0, 0.05) is 49.8 Å². The Hall–Kier alpha value is -3.54. The summed E-state index contributed by atoms with van der Waals surface area (Å²) in [7, 11) is -3.24. The number of aromatic nitrogens is 1. The lowest BCUT2D eigenvalue weighted by molar-refractivity contribution is -0.122. The lowest BCUT2D eigenvalue weighted by Crippen LogP contribution is -2.54. The molecule has 11 heteroatoms. The van der Waals surface area contributed by atoms with Crippen LogP contribution in [0.5, 0.6) is 0 Å². The number of nitrogens with one attached hydrogen (secondary N) is 1. The van der Waals surface area contributed by atoms with Gasteiger partial charge in [-0.15, -0.1) is 0 Å². The lowest BCUT2D eigenvalue weighted by atomic mass is 10.0. The molecule has 0 aliphatic carbocycles. The second-order valence-corrected chi connectivity index (χ2v) is 11.9. The molecule has 0 saturated carbocycles. The van der Waals surface area contributed by atoms with Crippen LogP contribution in [0, 0.1) is 6.92 Å². The summed E-state index contributed by atoms with van der Waals surface area (Å²) in [5.74, 6) is 0.496. The quantitative estimate of drug-likeness (QED) is 0.459. The van der Waals surface area contributed by atoms with E-state index in [1.54, 1.807) is 12.3 Å². The van der Waals surface area contributed by atoms with Gasteiger partial charge in [0.05, 0.1) is 12.3 Å². The standard InChI is InChI=1S/C27H31N5O5S/c1-17-21-5-3-4-6-23(21)37-24(17)15-20(25(28)33)14-18-13-19-7-8-22(27(34)30-26(19)29-16-18)31-9-11-32(12-10-31)38(2,35)36/h3-6,13-14,16,22H,7-12,15H2,1-2H3,(H2,28,33)(H,29,30,34). The van der Waals surface area contributed by atoms with E-state index in [4.69, 9.17) is 10.2 Å². The third kappa shape index (κ3) is 5.35. The minimum atomic E-state index is -3.24. The molecule has 1 unspecified atom stereocenters. The maximum atomic E-state index is 13.0. The number of nitrogens with zero attached hydrogens (tertiary/aromatic N) is 3. The highest BCUT2D eigenvalue weighted by Gasteiger charge is 2.33. The number of furan rings is 1. The van der Waals surface area contributed by atoms with Crippen molar-refractivity contribution in [2.75, 3.05) is 37.8 Å². The van der Waals surface area contributed by atoms with Crippen molar-refractivity contribution in [2.45, 2.75) is 32.2 Å². The molecule has 0 spiro atoms. The summed E-state index contributed by atoms with van der Waals surface area (Å²) >= 11 is 0. The molecule has 2 amide bonds. The minimum absolute atomic E-state index is 0.148. The van der Waals surface area contributed by atoms with E-state index < -0.39 is 15.9 Å². The number of fused-ring (bicyclic) bond motifs is 2. The van der Waals surface area contributed by atoms with Crippen molar-refractivity contribution in [3.05, 3.63) is 64.6 Å². The van der Waals surface area contributed by atoms with Gasteiger partial charge in [-0.2, -0.15) is 4.31 Å². The van der Waals surface area contributed by atoms with Crippen molar-refractivity contribution in [1.82, 2.24) is 14.2 Å². The zero-order chi connectivity index (χ0) is 27.0. The van der Waals surface area contributed by atoms with Crippen LogP contribution in [0.25, 0.3) is 17.0 Å². The lowest BCUT2D eigenvalue weighted by Gasteiger charge is -2.37. The number of para-hydroxylation sites is 1. The van der Waals surface area contributed by atoms with Gasteiger partial charge >= 0.3 is 0 Å². The van der Waals surface area contributed by atoms with Crippen LogP contribution >= 0.6 is 0 Å². The largest absolute Gasteiger partial charge is 0.460 e. The number of benzene rings is 1. The number of carbonyl (C=O) groups excluding carboxylic acids is 2. The van der Waals surface area contributed by atoms with Crippen molar-refractivity contribution >= 4 is 44.7 Å². The number of hydrogen-bond acceptors (Lipinski definition) is 7. The molecule has 3 aromatic rings. The third-order valence-corrected chi connectivity index (χ3v) is 8.66. The molecule has 1 saturated heterocycles. The number of aryl methyl sites for hydroxylation is 2. The summed E-state index contributed by atoms with van der Waals surface area (Å²) in [6.45, 7) is 3.68. The molecule has 2 aliphatic rings. The SMILES string of the molecule is Cc1c(CC(=Cc2cnc3c(c2)CCC(N2CCN(S(C)(=O)=O)CC2)C(=O)N3)C(N)=O)oc2ccccc12. The number of carbonyl (C=O) groups is 2. The van der Waals surface area contributed by atoms with Crippen LogP contribution in [0.15, 0.2) is 46.5 Å². The monoisotopic (exact) mass is 537 g/mol. The number of nitrogens with two attached hydrogens (primary N) is 1. The predicted octanol–water partition coefficient (Wildman–Crippen LogP) is 2.08. The summed E-state index contributed by atoms with van der Waals surface area (Å²) in [5.41, 5.74) is 9.43. The zero-order valence-corrected chi connectivity index (χ0v) is 22.3. The van der Waals surface area contributed by atoms with E-state index in [1.807, 2.05) is 42.2 Å².